The van der Waals surface area contributed by atoms with Crippen molar-refractivity contribution < 1.29 is 9.53 Å². The molecule has 1 rings (SSSR count). The van der Waals surface area contributed by atoms with Crippen molar-refractivity contribution in [2.45, 2.75) is 46.0 Å². The molecule has 1 aromatic carbocycles. The van der Waals surface area contributed by atoms with Crippen molar-refractivity contribution in [1.82, 2.24) is 0 Å². The fourth-order valence-corrected chi connectivity index (χ4v) is 1.64. The quantitative estimate of drug-likeness (QED) is 0.675. The normalized spacial score (nSPS) is 10.2. The molecule has 0 bridgehead atoms. The first kappa shape index (κ1) is 13.8. The second-order valence-corrected chi connectivity index (χ2v) is 4.32. The molecule has 0 unspecified atom stereocenters. The van der Waals surface area contributed by atoms with Crippen LogP contribution in [0.5, 0.6) is 0 Å². The van der Waals surface area contributed by atoms with Crippen molar-refractivity contribution in [3.8, 4) is 0 Å². The van der Waals surface area contributed by atoms with Crippen LogP contribution >= 0.6 is 0 Å². The van der Waals surface area contributed by atoms with E-state index >= 15 is 0 Å². The third-order valence-electron chi connectivity index (χ3n) is 2.66. The molecule has 2 nitrogen and oxygen atoms in total. The number of hydrogen-bond acceptors (Lipinski definition) is 2. The molecule has 0 aliphatic heterocycles. The van der Waals surface area contributed by atoms with Gasteiger partial charge in [0.05, 0.1) is 13.0 Å². The number of aryl methyl sites for hydroxylation is 1. The van der Waals surface area contributed by atoms with Gasteiger partial charge in [-0.2, -0.15) is 0 Å². The average molecular weight is 234 g/mol. The molecule has 0 saturated carbocycles. The molecule has 0 amide bonds. The highest BCUT2D eigenvalue weighted by atomic mass is 16.5. The fourth-order valence-electron chi connectivity index (χ4n) is 1.64. The zero-order valence-corrected chi connectivity index (χ0v) is 10.9. The third kappa shape index (κ3) is 5.53. The van der Waals surface area contributed by atoms with Gasteiger partial charge in [-0.1, -0.05) is 44.5 Å². The molecule has 0 heterocycles. The molecule has 0 atom stereocenters. The zero-order chi connectivity index (χ0) is 12.5. The second kappa shape index (κ2) is 7.88. The molecule has 0 radical (unpaired) electrons. The number of carbonyl (C=O) groups is 1. The van der Waals surface area contributed by atoms with Gasteiger partial charge in [0.1, 0.15) is 0 Å². The van der Waals surface area contributed by atoms with Crippen molar-refractivity contribution in [2.24, 2.45) is 0 Å². The molecule has 17 heavy (non-hydrogen) atoms. The molecule has 94 valence electrons. The maximum atomic E-state index is 11.4. The predicted octanol–water partition coefficient (Wildman–Crippen LogP) is 3.52. The summed E-state index contributed by atoms with van der Waals surface area (Å²) in [7, 11) is 0. The first-order valence-electron chi connectivity index (χ1n) is 6.49. The summed E-state index contributed by atoms with van der Waals surface area (Å²) in [4.78, 5) is 11.4. The summed E-state index contributed by atoms with van der Waals surface area (Å²) >= 11 is 0. The van der Waals surface area contributed by atoms with Gasteiger partial charge >= 0.3 is 5.97 Å². The van der Waals surface area contributed by atoms with E-state index in [1.165, 1.54) is 18.4 Å². The zero-order valence-electron chi connectivity index (χ0n) is 10.9. The van der Waals surface area contributed by atoms with Crippen LogP contribution in [0.4, 0.5) is 0 Å². The predicted molar refractivity (Wildman–Crippen MR) is 70.0 cm³/mol. The molecule has 1 aromatic rings. The lowest BCUT2D eigenvalue weighted by molar-refractivity contribution is -0.142. The Kier molecular flexibility index (Phi) is 6.38. The van der Waals surface area contributed by atoms with E-state index in [9.17, 15) is 4.79 Å². The van der Waals surface area contributed by atoms with Crippen molar-refractivity contribution in [3.63, 3.8) is 0 Å². The van der Waals surface area contributed by atoms with Crippen LogP contribution in [0.2, 0.25) is 0 Å². The van der Waals surface area contributed by atoms with E-state index < -0.39 is 0 Å². The molecule has 0 aromatic heterocycles. The van der Waals surface area contributed by atoms with Crippen LogP contribution in [0.25, 0.3) is 0 Å². The molecule has 2 heteroatoms. The number of benzene rings is 1. The van der Waals surface area contributed by atoms with Gasteiger partial charge in [-0.3, -0.25) is 4.79 Å². The summed E-state index contributed by atoms with van der Waals surface area (Å²) in [6, 6.07) is 8.27. The smallest absolute Gasteiger partial charge is 0.310 e. The minimum atomic E-state index is -0.131. The fraction of sp³-hybridized carbons (Fsp3) is 0.533. The highest BCUT2D eigenvalue weighted by molar-refractivity contribution is 5.72. The Labute approximate surface area is 104 Å². The number of rotatable bonds is 7. The minimum absolute atomic E-state index is 0.131. The Morgan fingerprint density at radius 1 is 1.06 bits per heavy atom. The third-order valence-corrected chi connectivity index (χ3v) is 2.66. The van der Waals surface area contributed by atoms with Gasteiger partial charge < -0.3 is 4.74 Å². The van der Waals surface area contributed by atoms with Gasteiger partial charge in [-0.05, 0) is 30.4 Å². The van der Waals surface area contributed by atoms with Crippen LogP contribution in [-0.4, -0.2) is 12.6 Å². The summed E-state index contributed by atoms with van der Waals surface area (Å²) in [5.41, 5.74) is 2.38. The van der Waals surface area contributed by atoms with Crippen molar-refractivity contribution in [1.29, 1.82) is 0 Å². The number of carbonyl (C=O) groups excluding carboxylic acids is 1. The van der Waals surface area contributed by atoms with E-state index in [2.05, 4.69) is 19.1 Å². The molecule has 0 fully saturated rings. The molecule has 0 N–H and O–H groups in total. The van der Waals surface area contributed by atoms with Gasteiger partial charge in [0.2, 0.25) is 0 Å². The van der Waals surface area contributed by atoms with Gasteiger partial charge in [-0.15, -0.1) is 0 Å². The number of esters is 1. The van der Waals surface area contributed by atoms with Crippen LogP contribution in [0.3, 0.4) is 0 Å². The summed E-state index contributed by atoms with van der Waals surface area (Å²) < 4.78 is 5.05. The minimum Gasteiger partial charge on any atom is -0.465 e. The van der Waals surface area contributed by atoms with E-state index in [1.54, 1.807) is 0 Å². The Morgan fingerprint density at radius 3 is 2.29 bits per heavy atom. The van der Waals surface area contributed by atoms with Crippen LogP contribution in [-0.2, 0) is 22.4 Å². The summed E-state index contributed by atoms with van der Waals surface area (Å²) in [5, 5.41) is 0. The molecular formula is C15H22O2. The van der Waals surface area contributed by atoms with Crippen molar-refractivity contribution >= 4 is 5.97 Å². The van der Waals surface area contributed by atoms with E-state index in [0.29, 0.717) is 13.0 Å². The number of ether oxygens (including phenoxy) is 1. The molecule has 0 aliphatic carbocycles. The summed E-state index contributed by atoms with van der Waals surface area (Å²) in [5.74, 6) is -0.131. The highest BCUT2D eigenvalue weighted by Gasteiger charge is 2.04. The topological polar surface area (TPSA) is 26.3 Å². The largest absolute Gasteiger partial charge is 0.465 e. The first-order valence-corrected chi connectivity index (χ1v) is 6.49. The SMILES string of the molecule is CCCCc1ccc(CC(=O)OCCC)cc1. The summed E-state index contributed by atoms with van der Waals surface area (Å²) in [6.07, 6.45) is 4.82. The number of unbranched alkanes of at least 4 members (excludes halogenated alkanes) is 1. The van der Waals surface area contributed by atoms with Crippen LogP contribution in [0.1, 0.15) is 44.2 Å². The van der Waals surface area contributed by atoms with Crippen LogP contribution in [0.15, 0.2) is 24.3 Å². The summed E-state index contributed by atoms with van der Waals surface area (Å²) in [6.45, 7) is 4.71. The monoisotopic (exact) mass is 234 g/mol. The average Bonchev–Trinajstić information content (AvgIpc) is 2.35. The standard InChI is InChI=1S/C15H22O2/c1-3-5-6-13-7-9-14(10-8-13)12-15(16)17-11-4-2/h7-10H,3-6,11-12H2,1-2H3. The molecule has 0 spiro atoms. The first-order chi connectivity index (χ1) is 8.26. The Hall–Kier alpha value is -1.31. The number of hydrogen-bond donors (Lipinski definition) is 0. The Balaban J connectivity index is 2.42. The van der Waals surface area contributed by atoms with Gasteiger partial charge in [0.15, 0.2) is 0 Å². The maximum Gasteiger partial charge on any atom is 0.310 e. The van der Waals surface area contributed by atoms with Gasteiger partial charge in [-0.25, -0.2) is 0 Å². The second-order valence-electron chi connectivity index (χ2n) is 4.32. The van der Waals surface area contributed by atoms with Crippen molar-refractivity contribution in [2.75, 3.05) is 6.61 Å². The molecular weight excluding hydrogens is 212 g/mol. The van der Waals surface area contributed by atoms with Crippen LogP contribution < -0.4 is 0 Å². The lowest BCUT2D eigenvalue weighted by Crippen LogP contribution is -2.08. The maximum absolute atomic E-state index is 11.4. The van der Waals surface area contributed by atoms with E-state index in [4.69, 9.17) is 4.74 Å². The lowest BCUT2D eigenvalue weighted by atomic mass is 10.1. The van der Waals surface area contributed by atoms with Crippen molar-refractivity contribution in [3.05, 3.63) is 35.4 Å². The molecule has 0 saturated heterocycles. The highest BCUT2D eigenvalue weighted by Crippen LogP contribution is 2.09. The Morgan fingerprint density at radius 2 is 1.71 bits per heavy atom. The van der Waals surface area contributed by atoms with Gasteiger partial charge in [0, 0.05) is 0 Å². The van der Waals surface area contributed by atoms with E-state index in [0.717, 1.165) is 18.4 Å². The van der Waals surface area contributed by atoms with Crippen LogP contribution in [0, 0.1) is 0 Å². The van der Waals surface area contributed by atoms with E-state index in [1.807, 2.05) is 19.1 Å². The van der Waals surface area contributed by atoms with E-state index in [-0.39, 0.29) is 5.97 Å². The lowest BCUT2D eigenvalue weighted by Gasteiger charge is -2.04. The van der Waals surface area contributed by atoms with Gasteiger partial charge in [0.25, 0.3) is 0 Å². The Bertz CT molecular complexity index is 327. The molecule has 0 aliphatic rings.